The summed E-state index contributed by atoms with van der Waals surface area (Å²) in [5, 5.41) is 48.9. The Bertz CT molecular complexity index is 633. The van der Waals surface area contributed by atoms with Gasteiger partial charge < -0.3 is 35.2 Å². The highest BCUT2D eigenvalue weighted by molar-refractivity contribution is 6.06. The number of aliphatic hydroxyl groups is 5. The van der Waals surface area contributed by atoms with E-state index in [-0.39, 0.29) is 44.2 Å². The standard InChI is InChI=1S/C17H26N2O9/c1-2-19-8(20)7-17(15(19)26)3-5-18(6-4-17)16(27)28-14-12(24)10(22)9(21)11(23)13(14)25/h9-14,21-25H,2-7H2,1H3/t9?,10-,11?,12?,13+,14?/m1/s1. The van der Waals surface area contributed by atoms with Crippen molar-refractivity contribution in [2.45, 2.75) is 62.8 Å². The average molecular weight is 402 g/mol. The number of rotatable bonds is 2. The maximum atomic E-state index is 12.5. The first-order valence-electron chi connectivity index (χ1n) is 9.33. The molecule has 0 aromatic carbocycles. The zero-order valence-electron chi connectivity index (χ0n) is 15.5. The lowest BCUT2D eigenvalue weighted by Crippen LogP contribution is -2.65. The molecule has 2 aliphatic heterocycles. The van der Waals surface area contributed by atoms with Gasteiger partial charge in [0.2, 0.25) is 11.8 Å². The van der Waals surface area contributed by atoms with Crippen LogP contribution in [0.15, 0.2) is 0 Å². The number of amides is 3. The molecule has 3 aliphatic rings. The van der Waals surface area contributed by atoms with Crippen molar-refractivity contribution in [2.24, 2.45) is 5.41 Å². The molecule has 0 radical (unpaired) electrons. The molecule has 11 nitrogen and oxygen atoms in total. The van der Waals surface area contributed by atoms with Crippen LogP contribution < -0.4 is 0 Å². The number of ether oxygens (including phenoxy) is 1. The molecule has 0 aromatic heterocycles. The predicted octanol–water partition coefficient (Wildman–Crippen LogP) is -2.83. The summed E-state index contributed by atoms with van der Waals surface area (Å²) in [4.78, 5) is 39.4. The molecule has 2 heterocycles. The van der Waals surface area contributed by atoms with Crippen LogP contribution in [0.1, 0.15) is 26.2 Å². The summed E-state index contributed by atoms with van der Waals surface area (Å²) in [5.74, 6) is -0.454. The van der Waals surface area contributed by atoms with Gasteiger partial charge in [0.25, 0.3) is 0 Å². The van der Waals surface area contributed by atoms with Gasteiger partial charge in [-0.05, 0) is 19.8 Å². The number of piperidine rings is 1. The van der Waals surface area contributed by atoms with Crippen LogP contribution in [0.25, 0.3) is 0 Å². The Balaban J connectivity index is 1.62. The van der Waals surface area contributed by atoms with Gasteiger partial charge in [0.05, 0.1) is 5.41 Å². The van der Waals surface area contributed by atoms with Crippen LogP contribution in [0.3, 0.4) is 0 Å². The molecular weight excluding hydrogens is 376 g/mol. The molecule has 5 N–H and O–H groups in total. The predicted molar refractivity (Wildman–Crippen MR) is 90.6 cm³/mol. The quantitative estimate of drug-likeness (QED) is 0.306. The Labute approximate surface area is 161 Å². The first kappa shape index (κ1) is 20.9. The molecule has 6 atom stereocenters. The van der Waals surface area contributed by atoms with Gasteiger partial charge in [-0.3, -0.25) is 14.5 Å². The van der Waals surface area contributed by atoms with E-state index in [2.05, 4.69) is 0 Å². The lowest BCUT2D eigenvalue weighted by Gasteiger charge is -2.42. The summed E-state index contributed by atoms with van der Waals surface area (Å²) < 4.78 is 5.08. The summed E-state index contributed by atoms with van der Waals surface area (Å²) in [6.07, 6.45) is -10.8. The monoisotopic (exact) mass is 402 g/mol. The van der Waals surface area contributed by atoms with Crippen LogP contribution >= 0.6 is 0 Å². The van der Waals surface area contributed by atoms with Crippen LogP contribution in [0.4, 0.5) is 4.79 Å². The number of likely N-dealkylation sites (tertiary alicyclic amines) is 2. The Morgan fingerprint density at radius 3 is 1.96 bits per heavy atom. The molecular formula is C17H26N2O9. The number of imide groups is 1. The van der Waals surface area contributed by atoms with Crippen molar-refractivity contribution in [2.75, 3.05) is 19.6 Å². The van der Waals surface area contributed by atoms with Crippen molar-refractivity contribution in [1.82, 2.24) is 9.80 Å². The molecule has 3 rings (SSSR count). The van der Waals surface area contributed by atoms with E-state index in [0.717, 1.165) is 0 Å². The maximum absolute atomic E-state index is 12.5. The van der Waals surface area contributed by atoms with Gasteiger partial charge >= 0.3 is 6.09 Å². The summed E-state index contributed by atoms with van der Waals surface area (Å²) in [6, 6.07) is 0. The number of carbonyl (C=O) groups excluding carboxylic acids is 3. The van der Waals surface area contributed by atoms with E-state index in [1.165, 1.54) is 9.80 Å². The molecule has 4 unspecified atom stereocenters. The van der Waals surface area contributed by atoms with Gasteiger partial charge in [-0.15, -0.1) is 0 Å². The molecule has 3 amide bonds. The molecule has 1 saturated carbocycles. The third-order valence-electron chi connectivity index (χ3n) is 6.09. The second-order valence-electron chi connectivity index (χ2n) is 7.69. The van der Waals surface area contributed by atoms with Crippen molar-refractivity contribution in [1.29, 1.82) is 0 Å². The fourth-order valence-electron chi connectivity index (χ4n) is 4.22. The van der Waals surface area contributed by atoms with Gasteiger partial charge in [-0.25, -0.2) is 4.79 Å². The average Bonchev–Trinajstić information content (AvgIpc) is 2.91. The normalized spacial score (nSPS) is 38.2. The highest BCUT2D eigenvalue weighted by Crippen LogP contribution is 2.42. The van der Waals surface area contributed by atoms with Crippen molar-refractivity contribution in [3.63, 3.8) is 0 Å². The smallest absolute Gasteiger partial charge is 0.410 e. The number of hydrogen-bond acceptors (Lipinski definition) is 9. The minimum absolute atomic E-state index is 0.110. The Morgan fingerprint density at radius 1 is 1.00 bits per heavy atom. The first-order chi connectivity index (χ1) is 13.1. The SMILES string of the molecule is CCN1C(=O)CC2(CCN(C(=O)OC3C(O)[C@H](O)C(O)C(O)[C@@H]3O)CC2)C1=O. The lowest BCUT2D eigenvalue weighted by atomic mass is 9.77. The van der Waals surface area contributed by atoms with Crippen molar-refractivity contribution in [3.05, 3.63) is 0 Å². The fourth-order valence-corrected chi connectivity index (χ4v) is 4.22. The van der Waals surface area contributed by atoms with E-state index in [0.29, 0.717) is 6.54 Å². The van der Waals surface area contributed by atoms with Crippen LogP contribution in [0, 0.1) is 5.41 Å². The summed E-state index contributed by atoms with van der Waals surface area (Å²) in [5.41, 5.74) is -0.815. The third-order valence-corrected chi connectivity index (χ3v) is 6.09. The number of nitrogens with zero attached hydrogens (tertiary/aromatic N) is 2. The van der Waals surface area contributed by atoms with E-state index >= 15 is 0 Å². The Hall–Kier alpha value is -1.79. The zero-order chi connectivity index (χ0) is 20.8. The number of aliphatic hydroxyl groups excluding tert-OH is 5. The highest BCUT2D eigenvalue weighted by atomic mass is 16.6. The van der Waals surface area contributed by atoms with Gasteiger partial charge in [-0.1, -0.05) is 0 Å². The zero-order valence-corrected chi connectivity index (χ0v) is 15.5. The first-order valence-corrected chi connectivity index (χ1v) is 9.33. The third kappa shape index (κ3) is 3.26. The van der Waals surface area contributed by atoms with E-state index in [9.17, 15) is 39.9 Å². The van der Waals surface area contributed by atoms with Crippen molar-refractivity contribution < 1.29 is 44.7 Å². The molecule has 0 bridgehead atoms. The summed E-state index contributed by atoms with van der Waals surface area (Å²) in [6.45, 7) is 2.31. The van der Waals surface area contributed by atoms with Crippen LogP contribution in [-0.2, 0) is 14.3 Å². The van der Waals surface area contributed by atoms with Gasteiger partial charge in [0.1, 0.15) is 30.5 Å². The van der Waals surface area contributed by atoms with Crippen LogP contribution in [0.2, 0.25) is 0 Å². The maximum Gasteiger partial charge on any atom is 0.410 e. The molecule has 158 valence electrons. The molecule has 2 saturated heterocycles. The van der Waals surface area contributed by atoms with Gasteiger partial charge in [-0.2, -0.15) is 0 Å². The fraction of sp³-hybridized carbons (Fsp3) is 0.824. The van der Waals surface area contributed by atoms with Crippen LogP contribution in [-0.4, -0.2) is 109 Å². The van der Waals surface area contributed by atoms with Crippen molar-refractivity contribution >= 4 is 17.9 Å². The summed E-state index contributed by atoms with van der Waals surface area (Å²) >= 11 is 0. The topological polar surface area (TPSA) is 168 Å². The Morgan fingerprint density at radius 2 is 1.50 bits per heavy atom. The molecule has 1 spiro atoms. The van der Waals surface area contributed by atoms with E-state index in [1.807, 2.05) is 0 Å². The van der Waals surface area contributed by atoms with E-state index in [1.54, 1.807) is 6.92 Å². The van der Waals surface area contributed by atoms with Crippen molar-refractivity contribution in [3.8, 4) is 0 Å². The van der Waals surface area contributed by atoms with Gasteiger partial charge in [0, 0.05) is 26.1 Å². The summed E-state index contributed by atoms with van der Waals surface area (Å²) in [7, 11) is 0. The molecule has 3 fully saturated rings. The largest absolute Gasteiger partial charge is 0.440 e. The second kappa shape index (κ2) is 7.56. The second-order valence-corrected chi connectivity index (χ2v) is 7.69. The lowest BCUT2D eigenvalue weighted by molar-refractivity contribution is -0.224. The number of hydrogen-bond donors (Lipinski definition) is 5. The minimum atomic E-state index is -1.79. The molecule has 28 heavy (non-hydrogen) atoms. The minimum Gasteiger partial charge on any atom is -0.440 e. The Kier molecular flexibility index (Phi) is 5.65. The highest BCUT2D eigenvalue weighted by Gasteiger charge is 2.54. The van der Waals surface area contributed by atoms with Crippen LogP contribution in [0.5, 0.6) is 0 Å². The van der Waals surface area contributed by atoms with E-state index < -0.39 is 48.1 Å². The molecule has 11 heteroatoms. The molecule has 0 aromatic rings. The number of carbonyl (C=O) groups is 3. The molecule has 1 aliphatic carbocycles. The van der Waals surface area contributed by atoms with Gasteiger partial charge in [0.15, 0.2) is 6.10 Å². The van der Waals surface area contributed by atoms with E-state index in [4.69, 9.17) is 4.74 Å².